The minimum Gasteiger partial charge on any atom is -0.369 e. The highest BCUT2D eigenvalue weighted by Gasteiger charge is 2.73. The van der Waals surface area contributed by atoms with E-state index in [9.17, 15) is 39.9 Å². The molecule has 0 amide bonds. The minimum absolute atomic E-state index is 0.0158. The highest BCUT2D eigenvalue weighted by Crippen LogP contribution is 2.56. The van der Waals surface area contributed by atoms with Crippen molar-refractivity contribution in [3.63, 3.8) is 0 Å². The number of hydrogen-bond donors (Lipinski definition) is 1. The van der Waals surface area contributed by atoms with Gasteiger partial charge in [0.15, 0.2) is 0 Å². The Bertz CT molecular complexity index is 1060. The molecule has 12 heteroatoms. The maximum atomic E-state index is 13.9. The van der Waals surface area contributed by atoms with Crippen LogP contribution in [0.5, 0.6) is 0 Å². The fraction of sp³-hybridized carbons (Fsp3) is 0.739. The van der Waals surface area contributed by atoms with Gasteiger partial charge in [0, 0.05) is 5.56 Å². The van der Waals surface area contributed by atoms with Gasteiger partial charge in [0.05, 0.1) is 14.2 Å². The molecule has 4 saturated carbocycles. The standard InChI is InChI=1S/C23H30F6O4SSi/c1-12-5-17(21(30,22(24,25)26)23(27,28)29)20(18(6-12)35(2,3)4)34(31,32)33-19-15-8-13-7-14(10-15)11-16(19)9-13/h5-6,13-16,19,30H,7-11H2,1-4H3. The van der Waals surface area contributed by atoms with Crippen LogP contribution in [0, 0.1) is 30.6 Å². The maximum absolute atomic E-state index is 13.9. The molecule has 4 nitrogen and oxygen atoms in total. The summed E-state index contributed by atoms with van der Waals surface area (Å²) in [7, 11) is -7.95. The van der Waals surface area contributed by atoms with Crippen molar-refractivity contribution in [2.45, 2.75) is 87.6 Å². The second-order valence-corrected chi connectivity index (χ2v) is 18.1. The molecule has 0 aliphatic heterocycles. The zero-order chi connectivity index (χ0) is 26.4. The summed E-state index contributed by atoms with van der Waals surface area (Å²) in [6.45, 7) is 6.13. The largest absolute Gasteiger partial charge is 0.430 e. The highest BCUT2D eigenvalue weighted by molar-refractivity contribution is 7.87. The van der Waals surface area contributed by atoms with Crippen molar-refractivity contribution in [2.75, 3.05) is 0 Å². The first kappa shape index (κ1) is 26.9. The predicted molar refractivity (Wildman–Crippen MR) is 119 cm³/mol. The van der Waals surface area contributed by atoms with Crippen molar-refractivity contribution in [3.8, 4) is 0 Å². The Labute approximate surface area is 202 Å². The van der Waals surface area contributed by atoms with E-state index in [0.717, 1.165) is 32.1 Å². The van der Waals surface area contributed by atoms with Crippen molar-refractivity contribution < 1.29 is 44.0 Å². The Hall–Kier alpha value is -1.11. The van der Waals surface area contributed by atoms with Gasteiger partial charge >= 0.3 is 12.4 Å². The lowest BCUT2D eigenvalue weighted by atomic mass is 9.55. The zero-order valence-corrected chi connectivity index (χ0v) is 21.7. The average molecular weight is 545 g/mol. The third-order valence-corrected chi connectivity index (χ3v) is 11.5. The van der Waals surface area contributed by atoms with E-state index in [2.05, 4.69) is 0 Å². The van der Waals surface area contributed by atoms with Gasteiger partial charge in [-0.2, -0.15) is 34.8 Å². The summed E-state index contributed by atoms with van der Waals surface area (Å²) >= 11 is 0. The van der Waals surface area contributed by atoms with Crippen LogP contribution in [0.4, 0.5) is 26.3 Å². The maximum Gasteiger partial charge on any atom is 0.430 e. The quantitative estimate of drug-likeness (QED) is 0.307. The second kappa shape index (κ2) is 8.19. The Balaban J connectivity index is 1.92. The zero-order valence-electron chi connectivity index (χ0n) is 19.9. The van der Waals surface area contributed by atoms with Crippen LogP contribution in [0.15, 0.2) is 17.0 Å². The van der Waals surface area contributed by atoms with Crippen LogP contribution in [0.1, 0.15) is 43.2 Å². The summed E-state index contributed by atoms with van der Waals surface area (Å²) < 4.78 is 116. The van der Waals surface area contributed by atoms with E-state index >= 15 is 0 Å². The van der Waals surface area contributed by atoms with E-state index in [-0.39, 0.29) is 22.6 Å². The highest BCUT2D eigenvalue weighted by atomic mass is 32.2. The summed E-state index contributed by atoms with van der Waals surface area (Å²) in [4.78, 5) is -1.19. The van der Waals surface area contributed by atoms with E-state index in [0.29, 0.717) is 17.9 Å². The van der Waals surface area contributed by atoms with E-state index in [1.54, 1.807) is 19.6 Å². The van der Waals surface area contributed by atoms with Crippen LogP contribution in [0.2, 0.25) is 19.6 Å². The van der Waals surface area contributed by atoms with Crippen LogP contribution < -0.4 is 5.19 Å². The Kier molecular flexibility index (Phi) is 6.31. The molecule has 1 N–H and O–H groups in total. The molecule has 0 radical (unpaired) electrons. The fourth-order valence-electron chi connectivity index (χ4n) is 6.56. The Morgan fingerprint density at radius 2 is 1.34 bits per heavy atom. The van der Waals surface area contributed by atoms with Gasteiger partial charge in [-0.05, 0) is 67.9 Å². The first-order valence-electron chi connectivity index (χ1n) is 11.7. The summed E-state index contributed by atoms with van der Waals surface area (Å²) in [5.41, 5.74) is -7.13. The molecule has 0 spiro atoms. The SMILES string of the molecule is Cc1cc(C(O)(C(F)(F)F)C(F)(F)F)c(S(=O)(=O)OC2C3CC4CC(C3)CC2C4)c([Si](C)(C)C)c1. The van der Waals surface area contributed by atoms with Gasteiger partial charge in [-0.1, -0.05) is 37.3 Å². The molecular weight excluding hydrogens is 514 g/mol. The number of benzene rings is 1. The second-order valence-electron chi connectivity index (χ2n) is 11.6. The van der Waals surface area contributed by atoms with E-state index in [1.807, 2.05) is 0 Å². The molecule has 4 aliphatic rings. The lowest BCUT2D eigenvalue weighted by Gasteiger charge is -2.53. The molecule has 35 heavy (non-hydrogen) atoms. The van der Waals surface area contributed by atoms with Crippen LogP contribution >= 0.6 is 0 Å². The molecule has 1 aromatic carbocycles. The molecule has 198 valence electrons. The van der Waals surface area contributed by atoms with Crippen LogP contribution in [0.3, 0.4) is 0 Å². The first-order valence-corrected chi connectivity index (χ1v) is 16.6. The lowest BCUT2D eigenvalue weighted by molar-refractivity contribution is -0.377. The number of halogens is 6. The summed E-state index contributed by atoms with van der Waals surface area (Å²) in [5.74, 6) is 0.699. The molecule has 0 unspecified atom stereocenters. The van der Waals surface area contributed by atoms with Gasteiger partial charge in [-0.3, -0.25) is 4.18 Å². The third kappa shape index (κ3) is 4.46. The van der Waals surface area contributed by atoms with Gasteiger partial charge in [0.2, 0.25) is 0 Å². The number of alkyl halides is 6. The molecule has 5 rings (SSSR count). The number of aliphatic hydroxyl groups is 1. The normalized spacial score (nSPS) is 29.6. The van der Waals surface area contributed by atoms with Crippen LogP contribution in [-0.4, -0.2) is 40.1 Å². The number of rotatable bonds is 5. The third-order valence-electron chi connectivity index (χ3n) is 7.88. The van der Waals surface area contributed by atoms with Crippen LogP contribution in [-0.2, 0) is 19.9 Å². The van der Waals surface area contributed by atoms with Crippen LogP contribution in [0.25, 0.3) is 0 Å². The molecule has 0 atom stereocenters. The summed E-state index contributed by atoms with van der Waals surface area (Å²) in [6, 6.07) is 1.77. The molecule has 0 saturated heterocycles. The number of aryl methyl sites for hydroxylation is 1. The molecular formula is C23H30F6O4SSi. The molecule has 4 bridgehead atoms. The smallest absolute Gasteiger partial charge is 0.369 e. The van der Waals surface area contributed by atoms with E-state index in [4.69, 9.17) is 4.18 Å². The van der Waals surface area contributed by atoms with Crippen molar-refractivity contribution >= 4 is 23.4 Å². The number of hydrogen-bond acceptors (Lipinski definition) is 4. The van der Waals surface area contributed by atoms with Crippen molar-refractivity contribution in [3.05, 3.63) is 23.3 Å². The van der Waals surface area contributed by atoms with Gasteiger partial charge in [0.1, 0.15) is 4.90 Å². The van der Waals surface area contributed by atoms with E-state index < -0.39 is 52.7 Å². The van der Waals surface area contributed by atoms with Crippen molar-refractivity contribution in [1.82, 2.24) is 0 Å². The van der Waals surface area contributed by atoms with Crippen molar-refractivity contribution in [2.24, 2.45) is 23.7 Å². The molecule has 0 aromatic heterocycles. The molecule has 4 fully saturated rings. The van der Waals surface area contributed by atoms with Gasteiger partial charge < -0.3 is 5.11 Å². The average Bonchev–Trinajstić information content (AvgIpc) is 2.66. The molecule has 0 heterocycles. The Morgan fingerprint density at radius 1 is 0.886 bits per heavy atom. The fourth-order valence-corrected chi connectivity index (χ4v) is 10.8. The minimum atomic E-state index is -6.22. The predicted octanol–water partition coefficient (Wildman–Crippen LogP) is 5.38. The summed E-state index contributed by atoms with van der Waals surface area (Å²) in [6.07, 6.45) is -9.20. The molecule has 4 aliphatic carbocycles. The van der Waals surface area contributed by atoms with Crippen molar-refractivity contribution in [1.29, 1.82) is 0 Å². The topological polar surface area (TPSA) is 63.6 Å². The van der Waals surface area contributed by atoms with Gasteiger partial charge in [-0.25, -0.2) is 0 Å². The molecule has 1 aromatic rings. The van der Waals surface area contributed by atoms with Gasteiger partial charge in [0.25, 0.3) is 15.7 Å². The lowest BCUT2D eigenvalue weighted by Crippen LogP contribution is -2.56. The van der Waals surface area contributed by atoms with Gasteiger partial charge in [-0.15, -0.1) is 0 Å². The summed E-state index contributed by atoms with van der Waals surface area (Å²) in [5, 5.41) is 10.1. The first-order chi connectivity index (χ1) is 15.8. The Morgan fingerprint density at radius 3 is 1.74 bits per heavy atom. The monoisotopic (exact) mass is 544 g/mol. The van der Waals surface area contributed by atoms with E-state index in [1.165, 1.54) is 13.0 Å².